The topological polar surface area (TPSA) is 53.4 Å². The quantitative estimate of drug-likeness (QED) is 0.369. The molecule has 142 valence electrons. The molecule has 0 aliphatic carbocycles. The number of benzene rings is 2. The lowest BCUT2D eigenvalue weighted by Gasteiger charge is -2.10. The number of carbonyl (C=O) groups is 1. The van der Waals surface area contributed by atoms with Crippen molar-refractivity contribution in [3.63, 3.8) is 0 Å². The number of nitrogens with zero attached hydrogens (tertiary/aromatic N) is 2. The van der Waals surface area contributed by atoms with Crippen molar-refractivity contribution in [2.45, 2.75) is 23.2 Å². The summed E-state index contributed by atoms with van der Waals surface area (Å²) in [7, 11) is 3.37. The molecule has 0 saturated carbocycles. The van der Waals surface area contributed by atoms with E-state index in [-0.39, 0.29) is 5.97 Å². The highest BCUT2D eigenvalue weighted by atomic mass is 32.2. The molecular formula is C20H22N2O3S2. The predicted octanol–water partition coefficient (Wildman–Crippen LogP) is 3.89. The Kier molecular flexibility index (Phi) is 6.34. The molecule has 0 spiro atoms. The number of hydrogen-bond donors (Lipinski definition) is 1. The van der Waals surface area contributed by atoms with Gasteiger partial charge in [-0.1, -0.05) is 12.1 Å². The van der Waals surface area contributed by atoms with Crippen molar-refractivity contribution in [1.29, 1.82) is 0 Å². The zero-order valence-corrected chi connectivity index (χ0v) is 17.2. The van der Waals surface area contributed by atoms with E-state index in [9.17, 15) is 4.79 Å². The maximum atomic E-state index is 11.5. The molecule has 0 saturated heterocycles. The summed E-state index contributed by atoms with van der Waals surface area (Å²) in [6, 6.07) is 13.9. The van der Waals surface area contributed by atoms with Crippen LogP contribution in [-0.2, 0) is 29.6 Å². The molecule has 0 N–H and O–H groups in total. The van der Waals surface area contributed by atoms with Gasteiger partial charge in [0.2, 0.25) is 0 Å². The van der Waals surface area contributed by atoms with E-state index in [0.717, 1.165) is 28.2 Å². The third-order valence-electron chi connectivity index (χ3n) is 4.37. The highest BCUT2D eigenvalue weighted by Crippen LogP contribution is 2.23. The third-order valence-corrected chi connectivity index (χ3v) is 5.49. The van der Waals surface area contributed by atoms with Crippen LogP contribution in [0.3, 0.4) is 0 Å². The summed E-state index contributed by atoms with van der Waals surface area (Å²) < 4.78 is 12.6. The predicted molar refractivity (Wildman–Crippen MR) is 112 cm³/mol. The number of thiol groups is 1. The van der Waals surface area contributed by atoms with E-state index in [4.69, 9.17) is 9.47 Å². The Morgan fingerprint density at radius 2 is 2.00 bits per heavy atom. The first-order valence-corrected chi connectivity index (χ1v) is 10.2. The lowest BCUT2D eigenvalue weighted by molar-refractivity contribution is -0.139. The molecule has 0 bridgehead atoms. The highest BCUT2D eigenvalue weighted by Gasteiger charge is 2.15. The van der Waals surface area contributed by atoms with Crippen molar-refractivity contribution in [2.24, 2.45) is 7.05 Å². The smallest absolute Gasteiger partial charge is 0.318 e. The minimum Gasteiger partial charge on any atom is -0.486 e. The number of fused-ring (bicyclic) bond motifs is 1. The summed E-state index contributed by atoms with van der Waals surface area (Å²) in [5.74, 6) is 1.29. The van der Waals surface area contributed by atoms with Gasteiger partial charge in [-0.25, -0.2) is 4.98 Å². The van der Waals surface area contributed by atoms with Gasteiger partial charge in [-0.15, -0.1) is 11.8 Å². The third kappa shape index (κ3) is 4.59. The molecule has 0 fully saturated rings. The van der Waals surface area contributed by atoms with Crippen LogP contribution in [0, 0.1) is 0 Å². The fourth-order valence-corrected chi connectivity index (χ4v) is 3.54. The Labute approximate surface area is 168 Å². The molecule has 0 aliphatic rings. The van der Waals surface area contributed by atoms with Crippen LogP contribution >= 0.6 is 24.4 Å². The molecule has 0 radical (unpaired) electrons. The molecule has 1 unspecified atom stereocenters. The van der Waals surface area contributed by atoms with Gasteiger partial charge >= 0.3 is 5.97 Å². The largest absolute Gasteiger partial charge is 0.486 e. The average molecular weight is 403 g/mol. The summed E-state index contributed by atoms with van der Waals surface area (Å²) in [6.45, 7) is 0.385. The number of methoxy groups -OCH3 is 1. The van der Waals surface area contributed by atoms with Crippen molar-refractivity contribution >= 4 is 41.4 Å². The summed E-state index contributed by atoms with van der Waals surface area (Å²) in [5.41, 5.74) is 3.06. The van der Waals surface area contributed by atoms with Gasteiger partial charge < -0.3 is 14.0 Å². The number of esters is 1. The maximum absolute atomic E-state index is 11.5. The van der Waals surface area contributed by atoms with E-state index in [2.05, 4.69) is 40.6 Å². The molecule has 0 amide bonds. The summed E-state index contributed by atoms with van der Waals surface area (Å²) >= 11 is 5.98. The van der Waals surface area contributed by atoms with Crippen LogP contribution in [0.5, 0.6) is 5.75 Å². The van der Waals surface area contributed by atoms with Crippen LogP contribution in [-0.4, -0.2) is 34.1 Å². The van der Waals surface area contributed by atoms with Crippen molar-refractivity contribution < 1.29 is 14.3 Å². The standard InChI is InChI=1S/C20H22N2O3S2/c1-22-17-11-15(27-3)8-9-16(17)21-19(22)12-25-14-6-4-13(5-7-14)10-18(26)20(23)24-2/h4-9,11,18,26H,10,12H2,1-3H3. The minimum absolute atomic E-state index is 0.329. The number of aromatic nitrogens is 2. The van der Waals surface area contributed by atoms with E-state index in [1.54, 1.807) is 11.8 Å². The first-order valence-electron chi connectivity index (χ1n) is 8.48. The monoisotopic (exact) mass is 402 g/mol. The van der Waals surface area contributed by atoms with Crippen LogP contribution < -0.4 is 4.74 Å². The highest BCUT2D eigenvalue weighted by molar-refractivity contribution is 7.98. The van der Waals surface area contributed by atoms with Crippen LogP contribution in [0.25, 0.3) is 11.0 Å². The Balaban J connectivity index is 1.65. The molecular weight excluding hydrogens is 380 g/mol. The van der Waals surface area contributed by atoms with Gasteiger partial charge in [-0.2, -0.15) is 12.6 Å². The van der Waals surface area contributed by atoms with Crippen LogP contribution in [0.2, 0.25) is 0 Å². The maximum Gasteiger partial charge on any atom is 0.318 e. The molecule has 3 rings (SSSR count). The van der Waals surface area contributed by atoms with E-state index in [0.29, 0.717) is 13.0 Å². The summed E-state index contributed by atoms with van der Waals surface area (Å²) in [4.78, 5) is 17.3. The van der Waals surface area contributed by atoms with E-state index in [1.165, 1.54) is 12.0 Å². The Bertz CT molecular complexity index is 938. The number of rotatable bonds is 7. The number of ether oxygens (including phenoxy) is 2. The van der Waals surface area contributed by atoms with E-state index in [1.807, 2.05) is 37.4 Å². The number of hydrogen-bond acceptors (Lipinski definition) is 6. The zero-order chi connectivity index (χ0) is 19.4. The molecule has 5 nitrogen and oxygen atoms in total. The normalized spacial score (nSPS) is 12.1. The molecule has 27 heavy (non-hydrogen) atoms. The number of carbonyl (C=O) groups excluding carboxylic acids is 1. The van der Waals surface area contributed by atoms with Crippen molar-refractivity contribution in [1.82, 2.24) is 9.55 Å². The van der Waals surface area contributed by atoms with Gasteiger partial charge in [0.1, 0.15) is 23.4 Å². The number of thioether (sulfide) groups is 1. The first-order chi connectivity index (χ1) is 13.0. The first kappa shape index (κ1) is 19.6. The molecule has 1 heterocycles. The number of imidazole rings is 1. The van der Waals surface area contributed by atoms with E-state index >= 15 is 0 Å². The van der Waals surface area contributed by atoms with Gasteiger partial charge in [0, 0.05) is 11.9 Å². The van der Waals surface area contributed by atoms with Gasteiger partial charge in [0.15, 0.2) is 0 Å². The van der Waals surface area contributed by atoms with Crippen LogP contribution in [0.15, 0.2) is 47.4 Å². The second-order valence-corrected chi connectivity index (χ2v) is 7.62. The minimum atomic E-state index is -0.465. The molecule has 7 heteroatoms. The van der Waals surface area contributed by atoms with Gasteiger partial charge in [0.05, 0.1) is 18.1 Å². The summed E-state index contributed by atoms with van der Waals surface area (Å²) in [6.07, 6.45) is 2.57. The fourth-order valence-electron chi connectivity index (χ4n) is 2.79. The van der Waals surface area contributed by atoms with Crippen LogP contribution in [0.4, 0.5) is 0 Å². The second-order valence-electron chi connectivity index (χ2n) is 6.12. The van der Waals surface area contributed by atoms with Crippen molar-refractivity contribution in [3.8, 4) is 5.75 Å². The zero-order valence-electron chi connectivity index (χ0n) is 15.5. The molecule has 3 aromatic rings. The lowest BCUT2D eigenvalue weighted by Crippen LogP contribution is -2.18. The number of aryl methyl sites for hydroxylation is 1. The SMILES string of the molecule is COC(=O)C(S)Cc1ccc(OCc2nc3ccc(SC)cc3n2C)cc1. The Morgan fingerprint density at radius 1 is 1.26 bits per heavy atom. The van der Waals surface area contributed by atoms with Gasteiger partial charge in [0.25, 0.3) is 0 Å². The summed E-state index contributed by atoms with van der Waals surface area (Å²) in [5, 5.41) is -0.465. The Morgan fingerprint density at radius 3 is 2.67 bits per heavy atom. The second kappa shape index (κ2) is 8.71. The molecule has 1 atom stereocenters. The fraction of sp³-hybridized carbons (Fsp3) is 0.300. The molecule has 1 aromatic heterocycles. The van der Waals surface area contributed by atoms with Crippen molar-refractivity contribution in [2.75, 3.05) is 13.4 Å². The van der Waals surface area contributed by atoms with E-state index < -0.39 is 5.25 Å². The van der Waals surface area contributed by atoms with Gasteiger partial charge in [-0.3, -0.25) is 4.79 Å². The Hall–Kier alpha value is -2.12. The molecule has 2 aromatic carbocycles. The van der Waals surface area contributed by atoms with Crippen molar-refractivity contribution in [3.05, 3.63) is 53.9 Å². The average Bonchev–Trinajstić information content (AvgIpc) is 3.01. The van der Waals surface area contributed by atoms with Crippen LogP contribution in [0.1, 0.15) is 11.4 Å². The lowest BCUT2D eigenvalue weighted by atomic mass is 10.1. The van der Waals surface area contributed by atoms with Gasteiger partial charge in [-0.05, 0) is 48.6 Å². The molecule has 0 aliphatic heterocycles.